The van der Waals surface area contributed by atoms with Gasteiger partial charge in [-0.3, -0.25) is 4.90 Å². The second kappa shape index (κ2) is 9.74. The van der Waals surface area contributed by atoms with E-state index in [1.807, 2.05) is 0 Å². The summed E-state index contributed by atoms with van der Waals surface area (Å²) in [6.07, 6.45) is 2.10. The number of aliphatic hydroxyl groups excluding tert-OH is 2. The molecule has 0 spiro atoms. The zero-order valence-electron chi connectivity index (χ0n) is 18.0. The number of fused-ring (bicyclic) bond motifs is 3. The standard InChI is InChI=1S/C21H31N3O6/c1-5-29-21(27)30-20-15(11-28-4)19-17(9-22-20)23-16-8-6-7-14(18(16)19)10-24(12(2)25)13(3)26/h9,12-14,23,25-26H,5-8,10-11H2,1-4H3. The Labute approximate surface area is 175 Å². The number of carbonyl (C=O) groups is 1. The van der Waals surface area contributed by atoms with Crippen molar-refractivity contribution in [2.45, 2.75) is 65.0 Å². The number of aliphatic hydroxyl groups is 2. The number of hydrogen-bond donors (Lipinski definition) is 3. The van der Waals surface area contributed by atoms with Crippen LogP contribution in [0.25, 0.3) is 10.9 Å². The highest BCUT2D eigenvalue weighted by Crippen LogP contribution is 2.41. The van der Waals surface area contributed by atoms with E-state index in [0.29, 0.717) is 12.1 Å². The Bertz CT molecular complexity index is 871. The van der Waals surface area contributed by atoms with Crippen molar-refractivity contribution < 1.29 is 29.2 Å². The van der Waals surface area contributed by atoms with Gasteiger partial charge in [-0.2, -0.15) is 0 Å². The smallest absolute Gasteiger partial charge is 0.434 e. The van der Waals surface area contributed by atoms with Crippen molar-refractivity contribution in [1.29, 1.82) is 0 Å². The number of rotatable bonds is 8. The second-order valence-corrected chi connectivity index (χ2v) is 7.62. The molecule has 0 aromatic carbocycles. The minimum atomic E-state index is -0.808. The fraction of sp³-hybridized carbons (Fsp3) is 0.619. The maximum atomic E-state index is 11.9. The topological polar surface area (TPSA) is 117 Å². The molecule has 3 N–H and O–H groups in total. The summed E-state index contributed by atoms with van der Waals surface area (Å²) in [6.45, 7) is 5.92. The van der Waals surface area contributed by atoms with Gasteiger partial charge in [-0.25, -0.2) is 9.78 Å². The van der Waals surface area contributed by atoms with Crippen molar-refractivity contribution >= 4 is 17.1 Å². The molecule has 3 atom stereocenters. The number of nitrogens with one attached hydrogen (secondary N) is 1. The van der Waals surface area contributed by atoms with Crippen LogP contribution in [0.15, 0.2) is 6.20 Å². The van der Waals surface area contributed by atoms with E-state index in [1.165, 1.54) is 0 Å². The molecule has 0 amide bonds. The van der Waals surface area contributed by atoms with Gasteiger partial charge in [0.25, 0.3) is 0 Å². The lowest BCUT2D eigenvalue weighted by atomic mass is 9.84. The fourth-order valence-corrected chi connectivity index (χ4v) is 4.28. The number of aryl methyl sites for hydroxylation is 1. The van der Waals surface area contributed by atoms with E-state index in [1.54, 1.807) is 39.0 Å². The first-order chi connectivity index (χ1) is 14.4. The minimum Gasteiger partial charge on any atom is -0.434 e. The number of nitrogens with zero attached hydrogens (tertiary/aromatic N) is 2. The molecule has 3 unspecified atom stereocenters. The molecular formula is C21H31N3O6. The first-order valence-corrected chi connectivity index (χ1v) is 10.3. The Morgan fingerprint density at radius 1 is 1.37 bits per heavy atom. The van der Waals surface area contributed by atoms with Crippen molar-refractivity contribution in [3.8, 4) is 5.88 Å². The van der Waals surface area contributed by atoms with Crippen molar-refractivity contribution in [2.75, 3.05) is 20.3 Å². The molecule has 9 nitrogen and oxygen atoms in total. The minimum absolute atomic E-state index is 0.0835. The normalized spacial score (nSPS) is 18.3. The van der Waals surface area contributed by atoms with Crippen molar-refractivity contribution in [1.82, 2.24) is 14.9 Å². The molecule has 0 saturated heterocycles. The van der Waals surface area contributed by atoms with Crippen LogP contribution in [0.5, 0.6) is 5.88 Å². The van der Waals surface area contributed by atoms with Gasteiger partial charge in [-0.05, 0) is 51.5 Å². The molecule has 0 aliphatic heterocycles. The van der Waals surface area contributed by atoms with Gasteiger partial charge in [-0.1, -0.05) is 0 Å². The molecule has 9 heteroatoms. The van der Waals surface area contributed by atoms with Gasteiger partial charge in [0.15, 0.2) is 0 Å². The van der Waals surface area contributed by atoms with Gasteiger partial charge in [0.05, 0.1) is 30.5 Å². The van der Waals surface area contributed by atoms with Crippen LogP contribution in [0.3, 0.4) is 0 Å². The zero-order chi connectivity index (χ0) is 21.8. The Morgan fingerprint density at radius 2 is 2.10 bits per heavy atom. The number of aromatic amines is 1. The van der Waals surface area contributed by atoms with E-state index in [0.717, 1.165) is 41.4 Å². The Morgan fingerprint density at radius 3 is 2.73 bits per heavy atom. The number of aromatic nitrogens is 2. The van der Waals surface area contributed by atoms with Crippen LogP contribution in [-0.4, -0.2) is 64.0 Å². The van der Waals surface area contributed by atoms with Gasteiger partial charge < -0.3 is 29.4 Å². The first kappa shape index (κ1) is 22.5. The van der Waals surface area contributed by atoms with Crippen LogP contribution in [0.4, 0.5) is 4.79 Å². The highest BCUT2D eigenvalue weighted by atomic mass is 16.7. The van der Waals surface area contributed by atoms with Gasteiger partial charge >= 0.3 is 6.16 Å². The predicted molar refractivity (Wildman–Crippen MR) is 110 cm³/mol. The number of H-pyrrole nitrogens is 1. The number of methoxy groups -OCH3 is 1. The lowest BCUT2D eigenvalue weighted by Gasteiger charge is -2.34. The highest BCUT2D eigenvalue weighted by molar-refractivity contribution is 5.90. The monoisotopic (exact) mass is 421 g/mol. The summed E-state index contributed by atoms with van der Waals surface area (Å²) in [7, 11) is 1.58. The third-order valence-corrected chi connectivity index (χ3v) is 5.53. The average molecular weight is 421 g/mol. The highest BCUT2D eigenvalue weighted by Gasteiger charge is 2.31. The van der Waals surface area contributed by atoms with Gasteiger partial charge in [0.2, 0.25) is 5.88 Å². The fourth-order valence-electron chi connectivity index (χ4n) is 4.28. The summed E-state index contributed by atoms with van der Waals surface area (Å²) in [5.74, 6) is 0.247. The molecule has 30 heavy (non-hydrogen) atoms. The third kappa shape index (κ3) is 4.59. The second-order valence-electron chi connectivity index (χ2n) is 7.62. The zero-order valence-corrected chi connectivity index (χ0v) is 18.0. The molecule has 0 bridgehead atoms. The van der Waals surface area contributed by atoms with Crippen molar-refractivity contribution in [2.24, 2.45) is 0 Å². The van der Waals surface area contributed by atoms with E-state index in [4.69, 9.17) is 14.2 Å². The first-order valence-electron chi connectivity index (χ1n) is 10.3. The Balaban J connectivity index is 2.08. The largest absolute Gasteiger partial charge is 0.515 e. The molecule has 0 saturated carbocycles. The summed E-state index contributed by atoms with van der Waals surface area (Å²) >= 11 is 0. The van der Waals surface area contributed by atoms with Crippen LogP contribution in [0.2, 0.25) is 0 Å². The molecule has 3 rings (SSSR count). The predicted octanol–water partition coefficient (Wildman–Crippen LogP) is 2.64. The summed E-state index contributed by atoms with van der Waals surface area (Å²) in [5, 5.41) is 21.1. The van der Waals surface area contributed by atoms with Crippen LogP contribution < -0.4 is 4.74 Å². The number of carbonyl (C=O) groups excluding carboxylic acids is 1. The average Bonchev–Trinajstić information content (AvgIpc) is 3.07. The lowest BCUT2D eigenvalue weighted by Crippen LogP contribution is -2.43. The number of ether oxygens (including phenoxy) is 3. The van der Waals surface area contributed by atoms with E-state index in [-0.39, 0.29) is 25.0 Å². The Hall–Kier alpha value is -2.20. The Kier molecular flexibility index (Phi) is 7.30. The molecule has 2 aromatic rings. The van der Waals surface area contributed by atoms with E-state index in [9.17, 15) is 15.0 Å². The van der Waals surface area contributed by atoms with E-state index < -0.39 is 18.6 Å². The van der Waals surface area contributed by atoms with Crippen molar-refractivity contribution in [3.05, 3.63) is 23.0 Å². The number of hydrogen-bond acceptors (Lipinski definition) is 8. The molecule has 0 radical (unpaired) electrons. The molecule has 1 aliphatic carbocycles. The summed E-state index contributed by atoms with van der Waals surface area (Å²) < 4.78 is 15.6. The van der Waals surface area contributed by atoms with Crippen LogP contribution in [0, 0.1) is 0 Å². The third-order valence-electron chi connectivity index (χ3n) is 5.53. The van der Waals surface area contributed by atoms with E-state index in [2.05, 4.69) is 9.97 Å². The summed E-state index contributed by atoms with van der Waals surface area (Å²) in [4.78, 5) is 21.3. The van der Waals surface area contributed by atoms with Crippen LogP contribution in [-0.2, 0) is 22.5 Å². The molecule has 2 heterocycles. The molecular weight excluding hydrogens is 390 g/mol. The van der Waals surface area contributed by atoms with E-state index >= 15 is 0 Å². The summed E-state index contributed by atoms with van der Waals surface area (Å²) in [5.41, 5.74) is 3.72. The number of pyridine rings is 1. The lowest BCUT2D eigenvalue weighted by molar-refractivity contribution is -0.0874. The summed E-state index contributed by atoms with van der Waals surface area (Å²) in [6, 6.07) is 0. The van der Waals surface area contributed by atoms with Crippen LogP contribution in [0.1, 0.15) is 56.4 Å². The maximum Gasteiger partial charge on any atom is 0.515 e. The maximum absolute atomic E-state index is 11.9. The van der Waals surface area contributed by atoms with Crippen LogP contribution >= 0.6 is 0 Å². The van der Waals surface area contributed by atoms with Gasteiger partial charge in [0, 0.05) is 24.7 Å². The molecule has 166 valence electrons. The molecule has 1 aliphatic rings. The van der Waals surface area contributed by atoms with Crippen molar-refractivity contribution in [3.63, 3.8) is 0 Å². The van der Waals surface area contributed by atoms with Gasteiger partial charge in [-0.15, -0.1) is 0 Å². The SMILES string of the molecule is CCOC(=O)Oc1ncc2[nH]c3c(c2c1COC)C(CN(C(C)O)C(C)O)CCC3. The molecule has 0 fully saturated rings. The quantitative estimate of drug-likeness (QED) is 0.440. The molecule has 2 aromatic heterocycles. The van der Waals surface area contributed by atoms with Gasteiger partial charge in [0.1, 0.15) is 12.5 Å².